The van der Waals surface area contributed by atoms with Gasteiger partial charge in [0.05, 0.1) is 0 Å². The lowest BCUT2D eigenvalue weighted by molar-refractivity contribution is -0.129. The molecule has 2 N–H and O–H groups in total. The van der Waals surface area contributed by atoms with Crippen molar-refractivity contribution < 1.29 is 9.59 Å². The van der Waals surface area contributed by atoms with Crippen molar-refractivity contribution in [2.75, 3.05) is 26.7 Å². The molecule has 18 heavy (non-hydrogen) atoms. The van der Waals surface area contributed by atoms with E-state index in [4.69, 9.17) is 0 Å². The number of hydrogen-bond donors (Lipinski definition) is 2. The van der Waals surface area contributed by atoms with Crippen molar-refractivity contribution in [2.45, 2.75) is 38.6 Å². The van der Waals surface area contributed by atoms with Gasteiger partial charge in [0, 0.05) is 32.0 Å². The van der Waals surface area contributed by atoms with Gasteiger partial charge in [-0.25, -0.2) is 0 Å². The van der Waals surface area contributed by atoms with Gasteiger partial charge in [-0.1, -0.05) is 0 Å². The maximum atomic E-state index is 11.5. The fourth-order valence-electron chi connectivity index (χ4n) is 2.05. The summed E-state index contributed by atoms with van der Waals surface area (Å²) in [6, 6.07) is 0.0409. The summed E-state index contributed by atoms with van der Waals surface area (Å²) in [4.78, 5) is 24.8. The summed E-state index contributed by atoms with van der Waals surface area (Å²) in [5.74, 6) is 0.278. The standard InChI is InChI=1S/C12H23N3O2.ClH/c1-10(9-15-8-4-6-12(15)17)14-11(16)5-3-7-13-2;/h10,13H,3-9H2,1-2H3,(H,14,16);1H. The normalized spacial score (nSPS) is 16.3. The molecule has 0 spiro atoms. The van der Waals surface area contributed by atoms with E-state index in [1.54, 1.807) is 0 Å². The van der Waals surface area contributed by atoms with Crippen molar-refractivity contribution in [1.29, 1.82) is 0 Å². The van der Waals surface area contributed by atoms with Gasteiger partial charge in [0.25, 0.3) is 0 Å². The Bertz CT molecular complexity index is 274. The van der Waals surface area contributed by atoms with Gasteiger partial charge in [0.15, 0.2) is 0 Å². The van der Waals surface area contributed by atoms with Gasteiger partial charge in [-0.15, -0.1) is 12.4 Å². The largest absolute Gasteiger partial charge is 0.352 e. The predicted molar refractivity (Wildman–Crippen MR) is 73.8 cm³/mol. The lowest BCUT2D eigenvalue weighted by atomic mass is 10.2. The number of carbonyl (C=O) groups excluding carboxylic acids is 2. The molecule has 1 saturated heterocycles. The molecule has 0 aliphatic carbocycles. The molecule has 0 aromatic heterocycles. The molecule has 1 heterocycles. The molecule has 0 bridgehead atoms. The van der Waals surface area contributed by atoms with E-state index < -0.39 is 0 Å². The van der Waals surface area contributed by atoms with E-state index in [1.165, 1.54) is 0 Å². The third-order valence-electron chi connectivity index (χ3n) is 2.90. The number of likely N-dealkylation sites (tertiary alicyclic amines) is 1. The number of nitrogens with zero attached hydrogens (tertiary/aromatic N) is 1. The van der Waals surface area contributed by atoms with E-state index in [2.05, 4.69) is 10.6 Å². The third kappa shape index (κ3) is 6.21. The summed E-state index contributed by atoms with van der Waals surface area (Å²) in [5, 5.41) is 5.93. The van der Waals surface area contributed by atoms with Crippen LogP contribution in [0, 0.1) is 0 Å². The second-order valence-corrected chi connectivity index (χ2v) is 4.62. The summed E-state index contributed by atoms with van der Waals surface area (Å²) in [6.07, 6.45) is 2.99. The van der Waals surface area contributed by atoms with Crippen molar-refractivity contribution >= 4 is 24.2 Å². The quantitative estimate of drug-likeness (QED) is 0.668. The van der Waals surface area contributed by atoms with Crippen LogP contribution in [0.2, 0.25) is 0 Å². The minimum absolute atomic E-state index is 0. The molecule has 6 heteroatoms. The Hall–Kier alpha value is -0.810. The fourth-order valence-corrected chi connectivity index (χ4v) is 2.05. The number of nitrogens with one attached hydrogen (secondary N) is 2. The first-order chi connectivity index (χ1) is 8.13. The first-order valence-corrected chi connectivity index (χ1v) is 6.35. The van der Waals surface area contributed by atoms with Crippen LogP contribution in [0.25, 0.3) is 0 Å². The van der Waals surface area contributed by atoms with E-state index in [0.29, 0.717) is 19.4 Å². The van der Waals surface area contributed by atoms with Crippen molar-refractivity contribution in [3.05, 3.63) is 0 Å². The zero-order chi connectivity index (χ0) is 12.7. The monoisotopic (exact) mass is 277 g/mol. The topological polar surface area (TPSA) is 61.4 Å². The van der Waals surface area contributed by atoms with E-state index in [0.717, 1.165) is 25.9 Å². The summed E-state index contributed by atoms with van der Waals surface area (Å²) in [7, 11) is 1.87. The second-order valence-electron chi connectivity index (χ2n) is 4.62. The summed E-state index contributed by atoms with van der Waals surface area (Å²) in [5.41, 5.74) is 0. The molecule has 106 valence electrons. The van der Waals surface area contributed by atoms with Gasteiger partial charge in [-0.05, 0) is 33.4 Å². The number of hydrogen-bond acceptors (Lipinski definition) is 3. The molecule has 0 radical (unpaired) electrons. The molecule has 1 rings (SSSR count). The molecule has 2 amide bonds. The Labute approximate surface area is 115 Å². The molecule has 1 aliphatic heterocycles. The lowest BCUT2D eigenvalue weighted by Gasteiger charge is -2.21. The van der Waals surface area contributed by atoms with Crippen LogP contribution in [0.5, 0.6) is 0 Å². The number of rotatable bonds is 7. The minimum Gasteiger partial charge on any atom is -0.352 e. The third-order valence-corrected chi connectivity index (χ3v) is 2.90. The van der Waals surface area contributed by atoms with E-state index >= 15 is 0 Å². The smallest absolute Gasteiger partial charge is 0.222 e. The zero-order valence-corrected chi connectivity index (χ0v) is 12.0. The maximum Gasteiger partial charge on any atom is 0.222 e. The number of halogens is 1. The summed E-state index contributed by atoms with van der Waals surface area (Å²) >= 11 is 0. The van der Waals surface area contributed by atoms with Gasteiger partial charge in [0.2, 0.25) is 11.8 Å². The summed E-state index contributed by atoms with van der Waals surface area (Å²) < 4.78 is 0. The van der Waals surface area contributed by atoms with Crippen molar-refractivity contribution in [2.24, 2.45) is 0 Å². The van der Waals surface area contributed by atoms with Crippen LogP contribution in [0.1, 0.15) is 32.6 Å². The van der Waals surface area contributed by atoms with Crippen LogP contribution in [0.3, 0.4) is 0 Å². The fraction of sp³-hybridized carbons (Fsp3) is 0.833. The SMILES string of the molecule is CNCCCC(=O)NC(C)CN1CCCC1=O.Cl. The molecule has 1 unspecified atom stereocenters. The molecular formula is C12H24ClN3O2. The van der Waals surface area contributed by atoms with Crippen LogP contribution in [0.15, 0.2) is 0 Å². The van der Waals surface area contributed by atoms with Crippen LogP contribution in [-0.4, -0.2) is 49.4 Å². The lowest BCUT2D eigenvalue weighted by Crippen LogP contribution is -2.42. The Morgan fingerprint density at radius 1 is 1.50 bits per heavy atom. The Morgan fingerprint density at radius 2 is 2.22 bits per heavy atom. The highest BCUT2D eigenvalue weighted by Crippen LogP contribution is 2.09. The molecule has 0 saturated carbocycles. The van der Waals surface area contributed by atoms with Gasteiger partial charge < -0.3 is 15.5 Å². The summed E-state index contributed by atoms with van der Waals surface area (Å²) in [6.45, 7) is 4.27. The highest BCUT2D eigenvalue weighted by Gasteiger charge is 2.22. The number of carbonyl (C=O) groups is 2. The average Bonchev–Trinajstić information content (AvgIpc) is 2.64. The van der Waals surface area contributed by atoms with Crippen LogP contribution in [0.4, 0.5) is 0 Å². The van der Waals surface area contributed by atoms with Crippen molar-refractivity contribution in [3.63, 3.8) is 0 Å². The highest BCUT2D eigenvalue weighted by molar-refractivity contribution is 5.85. The van der Waals surface area contributed by atoms with Gasteiger partial charge in [-0.3, -0.25) is 9.59 Å². The van der Waals surface area contributed by atoms with E-state index in [-0.39, 0.29) is 30.3 Å². The Kier molecular flexibility index (Phi) is 8.75. The minimum atomic E-state index is 0. The average molecular weight is 278 g/mol. The predicted octanol–water partition coefficient (Wildman–Crippen LogP) is 0.535. The van der Waals surface area contributed by atoms with Gasteiger partial charge in [-0.2, -0.15) is 0 Å². The molecule has 1 aliphatic rings. The molecule has 1 atom stereocenters. The first-order valence-electron chi connectivity index (χ1n) is 6.35. The Balaban J connectivity index is 0.00000289. The first kappa shape index (κ1) is 17.2. The molecule has 5 nitrogen and oxygen atoms in total. The molecule has 0 aromatic rings. The van der Waals surface area contributed by atoms with Gasteiger partial charge in [0.1, 0.15) is 0 Å². The number of amides is 2. The van der Waals surface area contributed by atoms with Crippen LogP contribution in [-0.2, 0) is 9.59 Å². The van der Waals surface area contributed by atoms with Gasteiger partial charge >= 0.3 is 0 Å². The van der Waals surface area contributed by atoms with Crippen molar-refractivity contribution in [1.82, 2.24) is 15.5 Å². The van der Waals surface area contributed by atoms with E-state index in [9.17, 15) is 9.59 Å². The molecule has 0 aromatic carbocycles. The van der Waals surface area contributed by atoms with Crippen LogP contribution < -0.4 is 10.6 Å². The van der Waals surface area contributed by atoms with Crippen molar-refractivity contribution in [3.8, 4) is 0 Å². The molecular weight excluding hydrogens is 254 g/mol. The Morgan fingerprint density at radius 3 is 2.78 bits per heavy atom. The van der Waals surface area contributed by atoms with E-state index in [1.807, 2.05) is 18.9 Å². The zero-order valence-electron chi connectivity index (χ0n) is 11.2. The second kappa shape index (κ2) is 9.16. The highest BCUT2D eigenvalue weighted by atomic mass is 35.5. The molecule has 1 fully saturated rings. The van der Waals surface area contributed by atoms with Crippen LogP contribution >= 0.6 is 12.4 Å². The maximum absolute atomic E-state index is 11.5.